The maximum atomic E-state index is 9.43. The summed E-state index contributed by atoms with van der Waals surface area (Å²) in [4.78, 5) is 2.12. The number of aliphatic hydroxyl groups excluding tert-OH is 1. The van der Waals surface area contributed by atoms with Gasteiger partial charge in [-0.25, -0.2) is 0 Å². The summed E-state index contributed by atoms with van der Waals surface area (Å²) in [6.07, 6.45) is 0.611. The lowest BCUT2D eigenvalue weighted by atomic mass is 10.2. The van der Waals surface area contributed by atoms with E-state index in [0.717, 1.165) is 28.8 Å². The largest absolute Gasteiger partial charge is 0.397 e. The summed E-state index contributed by atoms with van der Waals surface area (Å²) in [6.45, 7) is 1.56. The summed E-state index contributed by atoms with van der Waals surface area (Å²) in [5.41, 5.74) is 7.65. The van der Waals surface area contributed by atoms with Crippen LogP contribution in [0.4, 0.5) is 11.4 Å². The van der Waals surface area contributed by atoms with Gasteiger partial charge in [0.05, 0.1) is 17.5 Å². The lowest BCUT2D eigenvalue weighted by Gasteiger charge is -2.19. The van der Waals surface area contributed by atoms with Crippen LogP contribution in [0.5, 0.6) is 0 Å². The van der Waals surface area contributed by atoms with Gasteiger partial charge in [0.2, 0.25) is 0 Å². The average Bonchev–Trinajstić information content (AvgIpc) is 2.56. The van der Waals surface area contributed by atoms with Crippen LogP contribution < -0.4 is 10.6 Å². The first-order valence-corrected chi connectivity index (χ1v) is 5.44. The molecule has 1 heterocycles. The Hall–Kier alpha value is -0.740. The van der Waals surface area contributed by atoms with Gasteiger partial charge in [0.1, 0.15) is 0 Å². The molecule has 1 atom stereocenters. The molecule has 0 aliphatic carbocycles. The predicted molar refractivity (Wildman–Crippen MR) is 61.4 cm³/mol. The highest BCUT2D eigenvalue weighted by Gasteiger charge is 2.21. The van der Waals surface area contributed by atoms with E-state index >= 15 is 0 Å². The van der Waals surface area contributed by atoms with E-state index in [1.165, 1.54) is 0 Å². The van der Waals surface area contributed by atoms with Crippen molar-refractivity contribution in [2.45, 2.75) is 12.5 Å². The van der Waals surface area contributed by atoms with Crippen LogP contribution in [-0.2, 0) is 0 Å². The first-order valence-electron chi connectivity index (χ1n) is 4.65. The Bertz CT molecular complexity index is 343. The molecule has 0 saturated carbocycles. The molecule has 0 radical (unpaired) electrons. The van der Waals surface area contributed by atoms with E-state index in [0.29, 0.717) is 6.54 Å². The number of rotatable bonds is 1. The standard InChI is InChI=1S/C10H13BrN2O/c11-7-1-2-9(12)10(5-7)13-4-3-8(14)6-13/h1-2,5,8,14H,3-4,6,12H2/t8-/m0/s1. The quantitative estimate of drug-likeness (QED) is 0.751. The number of halogens is 1. The Morgan fingerprint density at radius 1 is 1.50 bits per heavy atom. The molecule has 0 bridgehead atoms. The van der Waals surface area contributed by atoms with Crippen molar-refractivity contribution in [3.63, 3.8) is 0 Å². The number of hydrogen-bond donors (Lipinski definition) is 2. The van der Waals surface area contributed by atoms with Gasteiger partial charge in [0, 0.05) is 17.6 Å². The van der Waals surface area contributed by atoms with E-state index in [1.807, 2.05) is 18.2 Å². The molecule has 0 aromatic heterocycles. The predicted octanol–water partition coefficient (Wildman–Crippen LogP) is 1.60. The number of anilines is 2. The summed E-state index contributed by atoms with van der Waals surface area (Å²) < 4.78 is 1.02. The third kappa shape index (κ3) is 1.86. The highest BCUT2D eigenvalue weighted by molar-refractivity contribution is 9.10. The third-order valence-corrected chi connectivity index (χ3v) is 2.99. The van der Waals surface area contributed by atoms with E-state index < -0.39 is 0 Å². The Kier molecular flexibility index (Phi) is 2.65. The zero-order valence-corrected chi connectivity index (χ0v) is 9.37. The zero-order valence-electron chi connectivity index (χ0n) is 7.78. The van der Waals surface area contributed by atoms with Gasteiger partial charge in [0.25, 0.3) is 0 Å². The number of hydrogen-bond acceptors (Lipinski definition) is 3. The maximum absolute atomic E-state index is 9.43. The van der Waals surface area contributed by atoms with E-state index in [2.05, 4.69) is 20.8 Å². The molecule has 0 unspecified atom stereocenters. The molecule has 1 aromatic carbocycles. The zero-order chi connectivity index (χ0) is 10.1. The highest BCUT2D eigenvalue weighted by atomic mass is 79.9. The summed E-state index contributed by atoms with van der Waals surface area (Å²) in [5, 5.41) is 9.43. The summed E-state index contributed by atoms with van der Waals surface area (Å²) in [7, 11) is 0. The molecule has 1 aliphatic rings. The number of nitrogen functional groups attached to an aromatic ring is 1. The first-order chi connectivity index (χ1) is 6.66. The third-order valence-electron chi connectivity index (χ3n) is 2.50. The normalized spacial score (nSPS) is 21.6. The van der Waals surface area contributed by atoms with E-state index in [-0.39, 0.29) is 6.10 Å². The lowest BCUT2D eigenvalue weighted by Crippen LogP contribution is -2.22. The van der Waals surface area contributed by atoms with Gasteiger partial charge in [-0.2, -0.15) is 0 Å². The van der Waals surface area contributed by atoms with Crippen molar-refractivity contribution >= 4 is 27.3 Å². The average molecular weight is 257 g/mol. The Morgan fingerprint density at radius 2 is 2.29 bits per heavy atom. The molecule has 76 valence electrons. The van der Waals surface area contributed by atoms with E-state index in [9.17, 15) is 5.11 Å². The molecule has 1 fully saturated rings. The molecule has 2 rings (SSSR count). The molecule has 4 heteroatoms. The Morgan fingerprint density at radius 3 is 2.93 bits per heavy atom. The fourth-order valence-corrected chi connectivity index (χ4v) is 2.10. The summed E-state index contributed by atoms with van der Waals surface area (Å²) >= 11 is 3.41. The van der Waals surface area contributed by atoms with Crippen LogP contribution >= 0.6 is 15.9 Å². The van der Waals surface area contributed by atoms with Gasteiger partial charge in [-0.1, -0.05) is 15.9 Å². The Labute approximate surface area is 91.6 Å². The second-order valence-electron chi connectivity index (χ2n) is 3.59. The minimum atomic E-state index is -0.214. The fourth-order valence-electron chi connectivity index (χ4n) is 1.75. The summed E-state index contributed by atoms with van der Waals surface area (Å²) in [6, 6.07) is 5.79. The molecule has 1 aromatic rings. The highest BCUT2D eigenvalue weighted by Crippen LogP contribution is 2.29. The molecular formula is C10H13BrN2O. The van der Waals surface area contributed by atoms with Crippen molar-refractivity contribution in [3.8, 4) is 0 Å². The van der Waals surface area contributed by atoms with E-state index in [1.54, 1.807) is 0 Å². The van der Waals surface area contributed by atoms with Crippen LogP contribution in [0.15, 0.2) is 22.7 Å². The SMILES string of the molecule is Nc1ccc(Br)cc1N1CC[C@H](O)C1. The van der Waals surface area contributed by atoms with E-state index in [4.69, 9.17) is 5.73 Å². The second-order valence-corrected chi connectivity index (χ2v) is 4.51. The number of β-amino-alcohol motifs (C(OH)–C–C–N with tert-alkyl or cyclic N) is 1. The number of nitrogens with zero attached hydrogens (tertiary/aromatic N) is 1. The molecular weight excluding hydrogens is 244 g/mol. The van der Waals surface area contributed by atoms with Crippen LogP contribution in [0.25, 0.3) is 0 Å². The molecule has 14 heavy (non-hydrogen) atoms. The van der Waals surface area contributed by atoms with Crippen LogP contribution in [0, 0.1) is 0 Å². The molecule has 1 aliphatic heterocycles. The smallest absolute Gasteiger partial charge is 0.0731 e. The Balaban J connectivity index is 2.27. The minimum Gasteiger partial charge on any atom is -0.397 e. The molecule has 0 amide bonds. The van der Waals surface area contributed by atoms with Gasteiger partial charge in [-0.05, 0) is 24.6 Å². The number of nitrogens with two attached hydrogens (primary N) is 1. The maximum Gasteiger partial charge on any atom is 0.0731 e. The minimum absolute atomic E-state index is 0.214. The van der Waals surface area contributed by atoms with Gasteiger partial charge in [-0.3, -0.25) is 0 Å². The van der Waals surface area contributed by atoms with Crippen molar-refractivity contribution in [1.82, 2.24) is 0 Å². The monoisotopic (exact) mass is 256 g/mol. The molecule has 0 spiro atoms. The van der Waals surface area contributed by atoms with Gasteiger partial charge in [-0.15, -0.1) is 0 Å². The van der Waals surface area contributed by atoms with Crippen LogP contribution in [0.2, 0.25) is 0 Å². The number of aliphatic hydroxyl groups is 1. The summed E-state index contributed by atoms with van der Waals surface area (Å²) in [5.74, 6) is 0. The van der Waals surface area contributed by atoms with Gasteiger partial charge in [0.15, 0.2) is 0 Å². The van der Waals surface area contributed by atoms with Crippen LogP contribution in [-0.4, -0.2) is 24.3 Å². The first kappa shape index (κ1) is 9.80. The fraction of sp³-hybridized carbons (Fsp3) is 0.400. The van der Waals surface area contributed by atoms with Crippen molar-refractivity contribution in [2.24, 2.45) is 0 Å². The molecule has 3 nitrogen and oxygen atoms in total. The van der Waals surface area contributed by atoms with Crippen molar-refractivity contribution < 1.29 is 5.11 Å². The molecule has 1 saturated heterocycles. The van der Waals surface area contributed by atoms with Gasteiger partial charge >= 0.3 is 0 Å². The van der Waals surface area contributed by atoms with Crippen LogP contribution in [0.3, 0.4) is 0 Å². The van der Waals surface area contributed by atoms with Gasteiger partial charge < -0.3 is 15.7 Å². The van der Waals surface area contributed by atoms with Crippen molar-refractivity contribution in [1.29, 1.82) is 0 Å². The van der Waals surface area contributed by atoms with Crippen LogP contribution in [0.1, 0.15) is 6.42 Å². The topological polar surface area (TPSA) is 49.5 Å². The molecule has 3 N–H and O–H groups in total. The number of benzene rings is 1. The second kappa shape index (κ2) is 3.79. The van der Waals surface area contributed by atoms with Crippen molar-refractivity contribution in [3.05, 3.63) is 22.7 Å². The van der Waals surface area contributed by atoms with Crippen molar-refractivity contribution in [2.75, 3.05) is 23.7 Å². The lowest BCUT2D eigenvalue weighted by molar-refractivity contribution is 0.198.